The fourth-order valence-electron chi connectivity index (χ4n) is 2.89. The van der Waals surface area contributed by atoms with Gasteiger partial charge in [-0.05, 0) is 38.6 Å². The van der Waals surface area contributed by atoms with Crippen molar-refractivity contribution in [1.82, 2.24) is 21.3 Å². The molecule has 6 N–H and O–H groups in total. The molecule has 11 heteroatoms. The average molecular weight is 414 g/mol. The molecule has 0 spiro atoms. The molecule has 1 aliphatic rings. The van der Waals surface area contributed by atoms with E-state index in [2.05, 4.69) is 21.3 Å². The van der Waals surface area contributed by atoms with Gasteiger partial charge in [-0.2, -0.15) is 0 Å². The van der Waals surface area contributed by atoms with Crippen molar-refractivity contribution >= 4 is 29.7 Å². The third-order valence-corrected chi connectivity index (χ3v) is 4.64. The number of carboxylic acid groups (broad SMARTS) is 2. The SMILES string of the molecule is CC(NC(=O)C(CCC(=O)O)NC(=O)C1CCCN1)C(=O)NC(C(=O)O)C(C)C. The van der Waals surface area contributed by atoms with E-state index in [9.17, 15) is 24.0 Å². The summed E-state index contributed by atoms with van der Waals surface area (Å²) < 4.78 is 0. The molecule has 1 heterocycles. The van der Waals surface area contributed by atoms with Crippen molar-refractivity contribution in [3.63, 3.8) is 0 Å². The lowest BCUT2D eigenvalue weighted by molar-refractivity contribution is -0.143. The van der Waals surface area contributed by atoms with E-state index in [0.717, 1.165) is 6.42 Å². The normalized spacial score (nSPS) is 19.1. The zero-order chi connectivity index (χ0) is 22.1. The second-order valence-electron chi connectivity index (χ2n) is 7.44. The summed E-state index contributed by atoms with van der Waals surface area (Å²) in [5, 5.41) is 28.3. The van der Waals surface area contributed by atoms with Crippen LogP contribution >= 0.6 is 0 Å². The van der Waals surface area contributed by atoms with Gasteiger partial charge in [-0.25, -0.2) is 4.79 Å². The van der Waals surface area contributed by atoms with Crippen LogP contribution in [-0.4, -0.2) is 70.6 Å². The molecular formula is C18H30N4O7. The van der Waals surface area contributed by atoms with Crippen molar-refractivity contribution in [2.75, 3.05) is 6.54 Å². The third kappa shape index (κ3) is 8.06. The van der Waals surface area contributed by atoms with Gasteiger partial charge in [0.1, 0.15) is 18.1 Å². The molecule has 1 saturated heterocycles. The Bertz CT molecular complexity index is 632. The average Bonchev–Trinajstić information content (AvgIpc) is 3.16. The van der Waals surface area contributed by atoms with Crippen molar-refractivity contribution in [1.29, 1.82) is 0 Å². The van der Waals surface area contributed by atoms with Gasteiger partial charge in [0.2, 0.25) is 17.7 Å². The predicted octanol–water partition coefficient (Wildman–Crippen LogP) is -1.18. The summed E-state index contributed by atoms with van der Waals surface area (Å²) in [4.78, 5) is 59.1. The molecule has 0 bridgehead atoms. The van der Waals surface area contributed by atoms with Crippen molar-refractivity contribution in [2.24, 2.45) is 5.92 Å². The highest BCUT2D eigenvalue weighted by Crippen LogP contribution is 2.07. The monoisotopic (exact) mass is 414 g/mol. The Morgan fingerprint density at radius 2 is 1.66 bits per heavy atom. The first-order chi connectivity index (χ1) is 13.5. The summed E-state index contributed by atoms with van der Waals surface area (Å²) in [6.45, 7) is 5.33. The highest BCUT2D eigenvalue weighted by atomic mass is 16.4. The number of carboxylic acids is 2. The van der Waals surface area contributed by atoms with Crippen molar-refractivity contribution in [3.05, 3.63) is 0 Å². The number of hydrogen-bond acceptors (Lipinski definition) is 6. The lowest BCUT2D eigenvalue weighted by atomic mass is 10.0. The smallest absolute Gasteiger partial charge is 0.326 e. The Morgan fingerprint density at radius 1 is 1.00 bits per heavy atom. The van der Waals surface area contributed by atoms with Crippen molar-refractivity contribution < 1.29 is 34.2 Å². The van der Waals surface area contributed by atoms with Gasteiger partial charge in [0.25, 0.3) is 0 Å². The topological polar surface area (TPSA) is 174 Å². The van der Waals surface area contributed by atoms with E-state index in [1.165, 1.54) is 6.92 Å². The molecule has 164 valence electrons. The molecule has 3 amide bonds. The molecule has 4 atom stereocenters. The molecule has 0 aromatic heterocycles. The molecule has 1 aliphatic heterocycles. The van der Waals surface area contributed by atoms with Crippen molar-refractivity contribution in [3.8, 4) is 0 Å². The van der Waals surface area contributed by atoms with Gasteiger partial charge in [0, 0.05) is 6.42 Å². The van der Waals surface area contributed by atoms with Gasteiger partial charge in [-0.3, -0.25) is 19.2 Å². The molecular weight excluding hydrogens is 384 g/mol. The summed E-state index contributed by atoms with van der Waals surface area (Å²) in [6.07, 6.45) is 0.953. The van der Waals surface area contributed by atoms with Gasteiger partial charge in [-0.1, -0.05) is 13.8 Å². The minimum Gasteiger partial charge on any atom is -0.481 e. The highest BCUT2D eigenvalue weighted by molar-refractivity contribution is 5.94. The van der Waals surface area contributed by atoms with Gasteiger partial charge in [0.15, 0.2) is 0 Å². The zero-order valence-electron chi connectivity index (χ0n) is 16.9. The number of carbonyl (C=O) groups excluding carboxylic acids is 3. The number of carbonyl (C=O) groups is 5. The fourth-order valence-corrected chi connectivity index (χ4v) is 2.89. The predicted molar refractivity (Wildman–Crippen MR) is 102 cm³/mol. The van der Waals surface area contributed by atoms with E-state index in [4.69, 9.17) is 10.2 Å². The van der Waals surface area contributed by atoms with E-state index in [1.54, 1.807) is 13.8 Å². The molecule has 0 aromatic carbocycles. The minimum absolute atomic E-state index is 0.141. The maximum atomic E-state index is 12.5. The maximum absolute atomic E-state index is 12.5. The largest absolute Gasteiger partial charge is 0.481 e. The molecule has 4 unspecified atom stereocenters. The van der Waals surface area contributed by atoms with Gasteiger partial charge >= 0.3 is 11.9 Å². The quantitative estimate of drug-likeness (QED) is 0.245. The molecule has 11 nitrogen and oxygen atoms in total. The molecule has 0 radical (unpaired) electrons. The summed E-state index contributed by atoms with van der Waals surface area (Å²) in [6, 6.07) is -3.76. The first kappa shape index (κ1) is 24.3. The van der Waals surface area contributed by atoms with Crippen LogP contribution in [0.25, 0.3) is 0 Å². The van der Waals surface area contributed by atoms with E-state index in [-0.39, 0.29) is 18.8 Å². The Kier molecular flexibility index (Phi) is 9.53. The molecule has 0 aliphatic carbocycles. The van der Waals surface area contributed by atoms with E-state index in [1.807, 2.05) is 0 Å². The van der Waals surface area contributed by atoms with Crippen LogP contribution in [0.1, 0.15) is 46.5 Å². The lowest BCUT2D eigenvalue weighted by Gasteiger charge is -2.24. The van der Waals surface area contributed by atoms with Crippen LogP contribution in [0.5, 0.6) is 0 Å². The Labute approximate surface area is 169 Å². The molecule has 1 fully saturated rings. The van der Waals surface area contributed by atoms with Crippen LogP contribution in [0.15, 0.2) is 0 Å². The molecule has 0 saturated carbocycles. The van der Waals surface area contributed by atoms with Crippen LogP contribution in [0, 0.1) is 5.92 Å². The summed E-state index contributed by atoms with van der Waals surface area (Å²) in [7, 11) is 0. The van der Waals surface area contributed by atoms with Crippen LogP contribution in [-0.2, 0) is 24.0 Å². The first-order valence-electron chi connectivity index (χ1n) is 9.62. The Balaban J connectivity index is 2.73. The number of rotatable bonds is 11. The Hall–Kier alpha value is -2.69. The summed E-state index contributed by atoms with van der Waals surface area (Å²) in [5.41, 5.74) is 0. The van der Waals surface area contributed by atoms with Gasteiger partial charge < -0.3 is 31.5 Å². The minimum atomic E-state index is -1.19. The second-order valence-corrected chi connectivity index (χ2v) is 7.44. The fraction of sp³-hybridized carbons (Fsp3) is 0.722. The third-order valence-electron chi connectivity index (χ3n) is 4.64. The van der Waals surface area contributed by atoms with Crippen LogP contribution in [0.4, 0.5) is 0 Å². The highest BCUT2D eigenvalue weighted by Gasteiger charge is 2.30. The van der Waals surface area contributed by atoms with Crippen LogP contribution in [0.2, 0.25) is 0 Å². The summed E-state index contributed by atoms with van der Waals surface area (Å²) in [5.74, 6) is -4.49. The number of nitrogens with one attached hydrogen (secondary N) is 4. The van der Waals surface area contributed by atoms with Crippen LogP contribution < -0.4 is 21.3 Å². The van der Waals surface area contributed by atoms with Gasteiger partial charge in [0.05, 0.1) is 6.04 Å². The lowest BCUT2D eigenvalue weighted by Crippen LogP contribution is -2.56. The number of hydrogen-bond donors (Lipinski definition) is 6. The van der Waals surface area contributed by atoms with E-state index >= 15 is 0 Å². The van der Waals surface area contributed by atoms with Crippen LogP contribution in [0.3, 0.4) is 0 Å². The number of amides is 3. The standard InChI is InChI=1S/C18H30N4O7/c1-9(2)14(18(28)29)22-15(25)10(3)20-17(27)12(6-7-13(23)24)21-16(26)11-5-4-8-19-11/h9-12,14,19H,4-8H2,1-3H3,(H,20,27)(H,21,26)(H,22,25)(H,23,24)(H,28,29). The first-order valence-corrected chi connectivity index (χ1v) is 9.62. The Morgan fingerprint density at radius 3 is 2.14 bits per heavy atom. The molecule has 1 rings (SSSR count). The molecule has 0 aromatic rings. The zero-order valence-corrected chi connectivity index (χ0v) is 16.9. The summed E-state index contributed by atoms with van der Waals surface area (Å²) >= 11 is 0. The second kappa shape index (κ2) is 11.3. The van der Waals surface area contributed by atoms with Crippen molar-refractivity contribution in [2.45, 2.75) is 70.6 Å². The van der Waals surface area contributed by atoms with Gasteiger partial charge in [-0.15, -0.1) is 0 Å². The maximum Gasteiger partial charge on any atom is 0.326 e. The molecule has 29 heavy (non-hydrogen) atoms. The number of aliphatic carboxylic acids is 2. The van der Waals surface area contributed by atoms with E-state index in [0.29, 0.717) is 13.0 Å². The van der Waals surface area contributed by atoms with E-state index < -0.39 is 53.8 Å².